The third-order valence-electron chi connectivity index (χ3n) is 3.36. The number of hydrogen-bond acceptors (Lipinski definition) is 7. The zero-order valence-corrected chi connectivity index (χ0v) is 15.9. The SMILES string of the molecule is CCNC(=S)Nc1ccc2ncc(-c3csc(C(=O)OCC)c3)nc2n1. The third kappa shape index (κ3) is 4.12. The summed E-state index contributed by atoms with van der Waals surface area (Å²) in [5, 5.41) is 8.37. The summed E-state index contributed by atoms with van der Waals surface area (Å²) in [6, 6.07) is 5.37. The van der Waals surface area contributed by atoms with Crippen LogP contribution in [0.3, 0.4) is 0 Å². The van der Waals surface area contributed by atoms with Crippen LogP contribution in [0.15, 0.2) is 29.8 Å². The van der Waals surface area contributed by atoms with Crippen molar-refractivity contribution in [1.29, 1.82) is 0 Å². The van der Waals surface area contributed by atoms with Gasteiger partial charge in [0.1, 0.15) is 16.2 Å². The number of ether oxygens (including phenoxy) is 1. The third-order valence-corrected chi connectivity index (χ3v) is 4.51. The number of rotatable bonds is 5. The van der Waals surface area contributed by atoms with E-state index in [9.17, 15) is 4.79 Å². The Hall–Kier alpha value is -2.65. The maximum atomic E-state index is 11.8. The summed E-state index contributed by atoms with van der Waals surface area (Å²) in [6.07, 6.45) is 1.66. The van der Waals surface area contributed by atoms with Crippen LogP contribution in [0.5, 0.6) is 0 Å². The fourth-order valence-electron chi connectivity index (χ4n) is 2.21. The quantitative estimate of drug-likeness (QED) is 0.509. The first kappa shape index (κ1) is 18.2. The highest BCUT2D eigenvalue weighted by Crippen LogP contribution is 2.25. The van der Waals surface area contributed by atoms with Crippen molar-refractivity contribution in [3.63, 3.8) is 0 Å². The van der Waals surface area contributed by atoms with Crippen LogP contribution in [0.1, 0.15) is 23.5 Å². The van der Waals surface area contributed by atoms with Gasteiger partial charge in [0.15, 0.2) is 10.8 Å². The molecule has 0 radical (unpaired) electrons. The number of carbonyl (C=O) groups excluding carboxylic acids is 1. The lowest BCUT2D eigenvalue weighted by Gasteiger charge is -2.08. The summed E-state index contributed by atoms with van der Waals surface area (Å²) in [7, 11) is 0. The molecular weight excluding hydrogens is 370 g/mol. The van der Waals surface area contributed by atoms with Gasteiger partial charge in [-0.3, -0.25) is 4.98 Å². The smallest absolute Gasteiger partial charge is 0.348 e. The Morgan fingerprint density at radius 2 is 2.15 bits per heavy atom. The Morgan fingerprint density at radius 3 is 2.92 bits per heavy atom. The maximum Gasteiger partial charge on any atom is 0.348 e. The predicted octanol–water partition coefficient (Wildman–Crippen LogP) is 3.24. The van der Waals surface area contributed by atoms with Crippen molar-refractivity contribution in [2.24, 2.45) is 0 Å². The molecule has 0 spiro atoms. The van der Waals surface area contributed by atoms with E-state index in [1.807, 2.05) is 18.4 Å². The molecule has 3 aromatic rings. The van der Waals surface area contributed by atoms with Gasteiger partial charge in [-0.25, -0.2) is 14.8 Å². The van der Waals surface area contributed by atoms with Gasteiger partial charge in [-0.1, -0.05) is 0 Å². The maximum absolute atomic E-state index is 11.8. The summed E-state index contributed by atoms with van der Waals surface area (Å²) in [5.74, 6) is 0.256. The van der Waals surface area contributed by atoms with Gasteiger partial charge in [0.05, 0.1) is 18.5 Å². The average molecular weight is 387 g/mol. The first-order valence-electron chi connectivity index (χ1n) is 8.05. The number of aromatic nitrogens is 3. The average Bonchev–Trinajstić information content (AvgIpc) is 3.12. The van der Waals surface area contributed by atoms with E-state index in [0.29, 0.717) is 39.3 Å². The molecule has 9 heteroatoms. The monoisotopic (exact) mass is 387 g/mol. The number of fused-ring (bicyclic) bond motifs is 1. The zero-order chi connectivity index (χ0) is 18.5. The molecule has 0 unspecified atom stereocenters. The number of anilines is 1. The number of pyridine rings is 1. The van der Waals surface area contributed by atoms with Gasteiger partial charge >= 0.3 is 5.97 Å². The van der Waals surface area contributed by atoms with Crippen LogP contribution < -0.4 is 10.6 Å². The molecule has 0 saturated heterocycles. The molecule has 0 aliphatic rings. The van der Waals surface area contributed by atoms with Crippen molar-refractivity contribution in [3.05, 3.63) is 34.7 Å². The van der Waals surface area contributed by atoms with Gasteiger partial charge in [0.25, 0.3) is 0 Å². The molecular formula is C17H17N5O2S2. The molecule has 0 atom stereocenters. The number of nitrogens with zero attached hydrogens (tertiary/aromatic N) is 3. The van der Waals surface area contributed by atoms with Crippen LogP contribution in [-0.4, -0.2) is 39.2 Å². The molecule has 134 valence electrons. The largest absolute Gasteiger partial charge is 0.462 e. The van der Waals surface area contributed by atoms with E-state index >= 15 is 0 Å². The molecule has 3 heterocycles. The van der Waals surface area contributed by atoms with Crippen molar-refractivity contribution in [2.75, 3.05) is 18.5 Å². The first-order chi connectivity index (χ1) is 12.6. The number of hydrogen-bond donors (Lipinski definition) is 2. The Kier molecular flexibility index (Phi) is 5.69. The second-order valence-electron chi connectivity index (χ2n) is 5.20. The van der Waals surface area contributed by atoms with Gasteiger partial charge < -0.3 is 15.4 Å². The van der Waals surface area contributed by atoms with Gasteiger partial charge in [-0.15, -0.1) is 11.3 Å². The van der Waals surface area contributed by atoms with Crippen molar-refractivity contribution in [3.8, 4) is 11.3 Å². The molecule has 0 aromatic carbocycles. The van der Waals surface area contributed by atoms with E-state index in [2.05, 4.69) is 25.6 Å². The Bertz CT molecular complexity index is 957. The van der Waals surface area contributed by atoms with Crippen LogP contribution in [-0.2, 0) is 4.74 Å². The summed E-state index contributed by atoms with van der Waals surface area (Å²) in [4.78, 5) is 25.7. The molecule has 0 bridgehead atoms. The van der Waals surface area contributed by atoms with Gasteiger partial charge in [0, 0.05) is 17.5 Å². The number of thiophene rings is 1. The van der Waals surface area contributed by atoms with E-state index in [4.69, 9.17) is 17.0 Å². The topological polar surface area (TPSA) is 89.0 Å². The second kappa shape index (κ2) is 8.15. The lowest BCUT2D eigenvalue weighted by molar-refractivity contribution is 0.0532. The van der Waals surface area contributed by atoms with Crippen LogP contribution in [0, 0.1) is 0 Å². The van der Waals surface area contributed by atoms with Crippen molar-refractivity contribution >= 4 is 51.6 Å². The van der Waals surface area contributed by atoms with Gasteiger partial charge in [0.2, 0.25) is 0 Å². The Labute approximate surface area is 159 Å². The predicted molar refractivity (Wildman–Crippen MR) is 106 cm³/mol. The van der Waals surface area contributed by atoms with Crippen molar-refractivity contribution in [1.82, 2.24) is 20.3 Å². The Morgan fingerprint density at radius 1 is 1.31 bits per heavy atom. The minimum absolute atomic E-state index is 0.334. The molecule has 26 heavy (non-hydrogen) atoms. The fraction of sp³-hybridized carbons (Fsp3) is 0.235. The van der Waals surface area contributed by atoms with Gasteiger partial charge in [-0.2, -0.15) is 0 Å². The van der Waals surface area contributed by atoms with E-state index in [1.165, 1.54) is 11.3 Å². The molecule has 3 aromatic heterocycles. The highest BCUT2D eigenvalue weighted by molar-refractivity contribution is 7.80. The molecule has 0 saturated carbocycles. The highest BCUT2D eigenvalue weighted by Gasteiger charge is 2.13. The standard InChI is InChI=1S/C17H17N5O2S2/c1-3-18-17(25)22-14-6-5-11-15(21-14)20-12(8-19-11)10-7-13(26-9-10)16(23)24-4-2/h5-9H,3-4H2,1-2H3,(H2,18,20,21,22,25). The first-order valence-corrected chi connectivity index (χ1v) is 9.34. The van der Waals surface area contributed by atoms with E-state index in [-0.39, 0.29) is 5.97 Å². The van der Waals surface area contributed by atoms with Gasteiger partial charge in [-0.05, 0) is 44.3 Å². The zero-order valence-electron chi connectivity index (χ0n) is 14.3. The molecule has 3 rings (SSSR count). The fourth-order valence-corrected chi connectivity index (χ4v) is 3.25. The lowest BCUT2D eigenvalue weighted by Crippen LogP contribution is -2.28. The lowest BCUT2D eigenvalue weighted by atomic mass is 10.2. The number of thiocarbonyl (C=S) groups is 1. The van der Waals surface area contributed by atoms with E-state index in [0.717, 1.165) is 12.1 Å². The summed E-state index contributed by atoms with van der Waals surface area (Å²) >= 11 is 6.48. The Balaban J connectivity index is 1.88. The molecule has 0 aliphatic heterocycles. The molecule has 2 N–H and O–H groups in total. The van der Waals surface area contributed by atoms with Crippen LogP contribution in [0.25, 0.3) is 22.4 Å². The van der Waals surface area contributed by atoms with E-state index in [1.54, 1.807) is 25.3 Å². The summed E-state index contributed by atoms with van der Waals surface area (Å²) in [5.41, 5.74) is 2.61. The van der Waals surface area contributed by atoms with Crippen molar-refractivity contribution < 1.29 is 9.53 Å². The molecule has 7 nitrogen and oxygen atoms in total. The van der Waals surface area contributed by atoms with Crippen LogP contribution >= 0.6 is 23.6 Å². The summed E-state index contributed by atoms with van der Waals surface area (Å²) < 4.78 is 5.02. The highest BCUT2D eigenvalue weighted by atomic mass is 32.1. The molecule has 0 fully saturated rings. The normalized spacial score (nSPS) is 10.5. The number of esters is 1. The minimum atomic E-state index is -0.334. The molecule has 0 amide bonds. The van der Waals surface area contributed by atoms with Crippen molar-refractivity contribution in [2.45, 2.75) is 13.8 Å². The molecule has 0 aliphatic carbocycles. The minimum Gasteiger partial charge on any atom is -0.462 e. The summed E-state index contributed by atoms with van der Waals surface area (Å²) in [6.45, 7) is 4.81. The number of carbonyl (C=O) groups is 1. The van der Waals surface area contributed by atoms with Crippen LogP contribution in [0.4, 0.5) is 5.82 Å². The number of nitrogens with one attached hydrogen (secondary N) is 2. The van der Waals surface area contributed by atoms with Crippen LogP contribution in [0.2, 0.25) is 0 Å². The second-order valence-corrected chi connectivity index (χ2v) is 6.52. The van der Waals surface area contributed by atoms with E-state index < -0.39 is 0 Å².